The molecule has 0 aliphatic heterocycles. The van der Waals surface area contributed by atoms with Crippen molar-refractivity contribution in [3.8, 4) is 5.75 Å². The molecule has 52 heavy (non-hydrogen) atoms. The molecule has 0 saturated heterocycles. The molecule has 0 bridgehead atoms. The fourth-order valence-electron chi connectivity index (χ4n) is 4.29. The molecule has 1 rings (SSSR count). The third-order valence-corrected chi connectivity index (χ3v) is 7.16. The number of unbranched alkanes of at least 4 members (excludes halogenated alkanes) is 1. The summed E-state index contributed by atoms with van der Waals surface area (Å²) in [5.41, 5.74) is 0. The van der Waals surface area contributed by atoms with Gasteiger partial charge in [0.05, 0.1) is 151 Å². The predicted octanol–water partition coefficient (Wildman–Crippen LogP) is 4.01. The number of benzene rings is 1. The average molecular weight is 749 g/mol. The molecule has 0 N–H and O–H groups in total. The van der Waals surface area contributed by atoms with Gasteiger partial charge in [0.2, 0.25) is 0 Å². The Morgan fingerprint density at radius 2 is 0.750 bits per heavy atom. The molecule has 0 aromatic heterocycles. The second-order valence-electron chi connectivity index (χ2n) is 11.3. The molecule has 0 aliphatic rings. The molecule has 14 heteroatoms. The lowest BCUT2D eigenvalue weighted by Crippen LogP contribution is -2.20. The molecule has 0 amide bonds. The molecule has 14 nitrogen and oxygen atoms in total. The van der Waals surface area contributed by atoms with E-state index in [1.54, 1.807) is 0 Å². The van der Waals surface area contributed by atoms with E-state index in [2.05, 4.69) is 6.92 Å². The Kier molecular flexibility index (Phi) is 37.2. The normalized spacial score (nSPS) is 12.0. The monoisotopic (exact) mass is 748 g/mol. The summed E-state index contributed by atoms with van der Waals surface area (Å²) in [6, 6.07) is 9.66. The van der Waals surface area contributed by atoms with E-state index in [0.717, 1.165) is 31.4 Å². The highest BCUT2D eigenvalue weighted by Gasteiger charge is 2.17. The van der Waals surface area contributed by atoms with Crippen molar-refractivity contribution in [2.24, 2.45) is 5.92 Å². The summed E-state index contributed by atoms with van der Waals surface area (Å²) in [7, 11) is 0. The van der Waals surface area contributed by atoms with Crippen molar-refractivity contribution in [1.29, 1.82) is 0 Å². The van der Waals surface area contributed by atoms with Crippen molar-refractivity contribution < 1.29 is 66.4 Å². The molecule has 1 unspecified atom stereocenters. The summed E-state index contributed by atoms with van der Waals surface area (Å²) >= 11 is 0. The third kappa shape index (κ3) is 33.9. The maximum Gasteiger partial charge on any atom is 0.308 e. The number of para-hydroxylation sites is 1. The zero-order valence-corrected chi connectivity index (χ0v) is 32.0. The summed E-state index contributed by atoms with van der Waals surface area (Å²) in [6.07, 6.45) is 3.83. The minimum Gasteiger partial charge on any atom is -0.491 e. The molecule has 0 aliphatic carbocycles. The lowest BCUT2D eigenvalue weighted by atomic mass is 10.00. The zero-order valence-electron chi connectivity index (χ0n) is 32.0. The van der Waals surface area contributed by atoms with Crippen LogP contribution in [0.4, 0.5) is 0 Å². The fraction of sp³-hybridized carbons (Fsp3) is 0.816. The lowest BCUT2D eigenvalue weighted by Gasteiger charge is -2.13. The topological polar surface area (TPSA) is 137 Å². The molecule has 0 fully saturated rings. The van der Waals surface area contributed by atoms with Gasteiger partial charge in [0.1, 0.15) is 19.0 Å². The second-order valence-corrected chi connectivity index (χ2v) is 11.3. The number of carbonyl (C=O) groups excluding carboxylic acids is 1. The summed E-state index contributed by atoms with van der Waals surface area (Å²) in [4.78, 5) is 12.0. The Bertz CT molecular complexity index is 850. The number of ether oxygens (including phenoxy) is 13. The van der Waals surface area contributed by atoms with Gasteiger partial charge < -0.3 is 61.6 Å². The Labute approximate surface area is 312 Å². The van der Waals surface area contributed by atoms with E-state index in [9.17, 15) is 4.79 Å². The van der Waals surface area contributed by atoms with Gasteiger partial charge in [-0.2, -0.15) is 0 Å². The third-order valence-electron chi connectivity index (χ3n) is 7.16. The van der Waals surface area contributed by atoms with Gasteiger partial charge in [-0.25, -0.2) is 0 Å². The number of hydrogen-bond acceptors (Lipinski definition) is 14. The van der Waals surface area contributed by atoms with Gasteiger partial charge in [-0.3, -0.25) is 4.79 Å². The molecule has 1 aromatic carbocycles. The van der Waals surface area contributed by atoms with Gasteiger partial charge in [0.15, 0.2) is 0 Å². The second kappa shape index (κ2) is 40.2. The van der Waals surface area contributed by atoms with E-state index >= 15 is 0 Å². The molecule has 0 spiro atoms. The molecule has 1 aromatic rings. The molecule has 0 radical (unpaired) electrons. The SMILES string of the molecule is CCCCC(CC)C(=O)OCCOCCOCCOCCOCCOCCOCCOCCOCCOCCOCCOCCOc1ccccc1. The average Bonchev–Trinajstić information content (AvgIpc) is 3.16. The van der Waals surface area contributed by atoms with Crippen LogP contribution in [-0.4, -0.2) is 165 Å². The van der Waals surface area contributed by atoms with E-state index in [-0.39, 0.29) is 18.5 Å². The summed E-state index contributed by atoms with van der Waals surface area (Å²) in [5, 5.41) is 0. The smallest absolute Gasteiger partial charge is 0.308 e. The van der Waals surface area contributed by atoms with Crippen LogP contribution in [-0.2, 0) is 61.6 Å². The van der Waals surface area contributed by atoms with E-state index < -0.39 is 0 Å². The van der Waals surface area contributed by atoms with E-state index in [0.29, 0.717) is 152 Å². The molecule has 0 saturated carbocycles. The number of hydrogen-bond donors (Lipinski definition) is 0. The van der Waals surface area contributed by atoms with Crippen LogP contribution in [0.15, 0.2) is 30.3 Å². The van der Waals surface area contributed by atoms with E-state index in [1.165, 1.54) is 0 Å². The Morgan fingerprint density at radius 1 is 0.442 bits per heavy atom. The van der Waals surface area contributed by atoms with Crippen molar-refractivity contribution in [3.63, 3.8) is 0 Å². The van der Waals surface area contributed by atoms with Gasteiger partial charge in [-0.1, -0.05) is 44.9 Å². The van der Waals surface area contributed by atoms with Gasteiger partial charge in [0, 0.05) is 0 Å². The highest BCUT2D eigenvalue weighted by molar-refractivity contribution is 5.72. The predicted molar refractivity (Wildman–Crippen MR) is 195 cm³/mol. The van der Waals surface area contributed by atoms with Crippen LogP contribution < -0.4 is 4.74 Å². The quantitative estimate of drug-likeness (QED) is 0.0704. The summed E-state index contributed by atoms with van der Waals surface area (Å²) < 4.78 is 71.2. The Hall–Kier alpha value is -1.95. The standard InChI is InChI=1S/C38H68O14/c1-3-5-9-36(4-2)38(39)52-35-33-50-31-29-48-27-25-46-23-21-44-19-17-42-15-13-40-12-14-41-16-18-43-20-22-45-24-26-47-28-30-49-32-34-51-37-10-7-6-8-11-37/h6-8,10-11,36H,3-5,9,12-35H2,1-2H3. The number of carbonyl (C=O) groups is 1. The van der Waals surface area contributed by atoms with E-state index in [4.69, 9.17) is 61.6 Å². The van der Waals surface area contributed by atoms with Crippen molar-refractivity contribution in [3.05, 3.63) is 30.3 Å². The van der Waals surface area contributed by atoms with Crippen molar-refractivity contribution in [2.45, 2.75) is 39.5 Å². The van der Waals surface area contributed by atoms with Crippen LogP contribution in [0.2, 0.25) is 0 Å². The van der Waals surface area contributed by atoms with Crippen LogP contribution in [0.1, 0.15) is 39.5 Å². The van der Waals surface area contributed by atoms with E-state index in [1.807, 2.05) is 37.3 Å². The molecule has 0 heterocycles. The van der Waals surface area contributed by atoms with Crippen LogP contribution in [0.5, 0.6) is 5.75 Å². The number of esters is 1. The summed E-state index contributed by atoms with van der Waals surface area (Å²) in [6.45, 7) is 15.8. The highest BCUT2D eigenvalue weighted by Crippen LogP contribution is 2.14. The number of rotatable bonds is 42. The van der Waals surface area contributed by atoms with Gasteiger partial charge >= 0.3 is 5.97 Å². The minimum atomic E-state index is -0.121. The molecule has 1 atom stereocenters. The first-order valence-corrected chi connectivity index (χ1v) is 19.0. The van der Waals surface area contributed by atoms with Crippen LogP contribution in [0, 0.1) is 5.92 Å². The van der Waals surface area contributed by atoms with Crippen molar-refractivity contribution in [2.75, 3.05) is 159 Å². The lowest BCUT2D eigenvalue weighted by molar-refractivity contribution is -0.150. The summed E-state index contributed by atoms with van der Waals surface area (Å²) in [5.74, 6) is 0.715. The minimum absolute atomic E-state index is 0.00545. The largest absolute Gasteiger partial charge is 0.491 e. The first-order valence-electron chi connectivity index (χ1n) is 19.0. The van der Waals surface area contributed by atoms with Crippen LogP contribution >= 0.6 is 0 Å². The van der Waals surface area contributed by atoms with Crippen molar-refractivity contribution in [1.82, 2.24) is 0 Å². The highest BCUT2D eigenvalue weighted by atomic mass is 16.6. The Balaban J connectivity index is 1.64. The first-order chi connectivity index (χ1) is 25.8. The maximum absolute atomic E-state index is 12.0. The fourth-order valence-corrected chi connectivity index (χ4v) is 4.29. The van der Waals surface area contributed by atoms with Gasteiger partial charge in [-0.15, -0.1) is 0 Å². The molecular formula is C38H68O14. The van der Waals surface area contributed by atoms with Gasteiger partial charge in [0.25, 0.3) is 0 Å². The van der Waals surface area contributed by atoms with Crippen LogP contribution in [0.3, 0.4) is 0 Å². The zero-order chi connectivity index (χ0) is 37.3. The molecule has 304 valence electrons. The first kappa shape index (κ1) is 48.1. The Morgan fingerprint density at radius 3 is 1.06 bits per heavy atom. The molecular weight excluding hydrogens is 680 g/mol. The maximum atomic E-state index is 12.0. The van der Waals surface area contributed by atoms with Crippen molar-refractivity contribution >= 4 is 5.97 Å². The van der Waals surface area contributed by atoms with Crippen LogP contribution in [0.25, 0.3) is 0 Å². The van der Waals surface area contributed by atoms with Gasteiger partial charge in [-0.05, 0) is 25.0 Å².